The van der Waals surface area contributed by atoms with Crippen LogP contribution in [0.5, 0.6) is 0 Å². The average Bonchev–Trinajstić information content (AvgIpc) is 2.67. The van der Waals surface area contributed by atoms with Gasteiger partial charge in [0.05, 0.1) is 13.7 Å². The highest BCUT2D eigenvalue weighted by atomic mass is 16.5. The number of methoxy groups -OCH3 is 2. The quantitative estimate of drug-likeness (QED) is 0.508. The zero-order valence-electron chi connectivity index (χ0n) is 12.3. The van der Waals surface area contributed by atoms with E-state index in [1.807, 2.05) is 18.2 Å². The van der Waals surface area contributed by atoms with Gasteiger partial charge in [0, 0.05) is 13.7 Å². The molecule has 1 aliphatic carbocycles. The molecule has 0 bridgehead atoms. The summed E-state index contributed by atoms with van der Waals surface area (Å²) in [5.74, 6) is -0.206. The molecule has 0 radical (unpaired) electrons. The van der Waals surface area contributed by atoms with Gasteiger partial charge in [0.1, 0.15) is 5.54 Å². The Kier molecular flexibility index (Phi) is 5.15. The fourth-order valence-electron chi connectivity index (χ4n) is 3.00. The molecule has 110 valence electrons. The summed E-state index contributed by atoms with van der Waals surface area (Å²) < 4.78 is 10.2. The molecule has 20 heavy (non-hydrogen) atoms. The van der Waals surface area contributed by atoms with E-state index in [0.29, 0.717) is 13.2 Å². The van der Waals surface area contributed by atoms with Crippen LogP contribution in [-0.2, 0) is 26.2 Å². The van der Waals surface area contributed by atoms with Crippen LogP contribution in [0.25, 0.3) is 0 Å². The van der Waals surface area contributed by atoms with Crippen LogP contribution in [-0.4, -0.2) is 33.3 Å². The SMILES string of the molecule is COCCNC1(C(=O)OC)CCCCc2ccccc21. The Bertz CT molecular complexity index is 461. The van der Waals surface area contributed by atoms with E-state index in [-0.39, 0.29) is 5.97 Å². The second kappa shape index (κ2) is 6.86. The number of esters is 1. The van der Waals surface area contributed by atoms with Gasteiger partial charge >= 0.3 is 5.97 Å². The Morgan fingerprint density at radius 1 is 1.30 bits per heavy atom. The number of hydrogen-bond donors (Lipinski definition) is 1. The van der Waals surface area contributed by atoms with Crippen molar-refractivity contribution in [2.75, 3.05) is 27.4 Å². The third kappa shape index (κ3) is 2.86. The molecule has 1 aliphatic rings. The predicted molar refractivity (Wildman–Crippen MR) is 77.6 cm³/mol. The zero-order chi connectivity index (χ0) is 14.4. The molecule has 2 rings (SSSR count). The Morgan fingerprint density at radius 3 is 2.85 bits per heavy atom. The van der Waals surface area contributed by atoms with E-state index in [9.17, 15) is 4.79 Å². The molecule has 1 N–H and O–H groups in total. The molecule has 0 saturated heterocycles. The van der Waals surface area contributed by atoms with E-state index in [1.165, 1.54) is 12.7 Å². The Balaban J connectivity index is 2.40. The van der Waals surface area contributed by atoms with Gasteiger partial charge in [0.2, 0.25) is 0 Å². The summed E-state index contributed by atoms with van der Waals surface area (Å²) in [6.45, 7) is 1.20. The molecule has 0 aromatic heterocycles. The van der Waals surface area contributed by atoms with Gasteiger partial charge in [-0.1, -0.05) is 30.7 Å². The van der Waals surface area contributed by atoms with Crippen molar-refractivity contribution in [1.29, 1.82) is 0 Å². The molecular weight excluding hydrogens is 254 g/mol. The highest BCUT2D eigenvalue weighted by Crippen LogP contribution is 2.35. The number of aryl methyl sites for hydroxylation is 1. The van der Waals surface area contributed by atoms with Crippen LogP contribution >= 0.6 is 0 Å². The van der Waals surface area contributed by atoms with Crippen LogP contribution in [0.4, 0.5) is 0 Å². The fraction of sp³-hybridized carbons (Fsp3) is 0.562. The van der Waals surface area contributed by atoms with E-state index in [0.717, 1.165) is 31.2 Å². The fourth-order valence-corrected chi connectivity index (χ4v) is 3.00. The lowest BCUT2D eigenvalue weighted by molar-refractivity contribution is -0.149. The van der Waals surface area contributed by atoms with Crippen molar-refractivity contribution < 1.29 is 14.3 Å². The van der Waals surface area contributed by atoms with Crippen LogP contribution in [0.1, 0.15) is 30.4 Å². The van der Waals surface area contributed by atoms with Crippen LogP contribution in [0.15, 0.2) is 24.3 Å². The van der Waals surface area contributed by atoms with Crippen LogP contribution in [0.2, 0.25) is 0 Å². The summed E-state index contributed by atoms with van der Waals surface area (Å²) in [6.07, 6.45) is 3.88. The van der Waals surface area contributed by atoms with Gasteiger partial charge in [-0.3, -0.25) is 5.32 Å². The Morgan fingerprint density at radius 2 is 2.10 bits per heavy atom. The Hall–Kier alpha value is -1.39. The maximum Gasteiger partial charge on any atom is 0.330 e. The molecule has 0 spiro atoms. The predicted octanol–water partition coefficient (Wildman–Crippen LogP) is 2.02. The van der Waals surface area contributed by atoms with Crippen molar-refractivity contribution in [2.24, 2.45) is 0 Å². The van der Waals surface area contributed by atoms with Gasteiger partial charge < -0.3 is 9.47 Å². The summed E-state index contributed by atoms with van der Waals surface area (Å²) in [4.78, 5) is 12.5. The molecule has 0 aliphatic heterocycles. The van der Waals surface area contributed by atoms with Gasteiger partial charge in [-0.2, -0.15) is 0 Å². The second-order valence-corrected chi connectivity index (χ2v) is 5.18. The summed E-state index contributed by atoms with van der Waals surface area (Å²) >= 11 is 0. The lowest BCUT2D eigenvalue weighted by Gasteiger charge is -2.33. The number of hydrogen-bond acceptors (Lipinski definition) is 4. The first kappa shape index (κ1) is 15.0. The molecular formula is C16H23NO3. The third-order valence-corrected chi connectivity index (χ3v) is 3.99. The molecule has 0 saturated carbocycles. The minimum atomic E-state index is -0.736. The number of rotatable bonds is 5. The monoisotopic (exact) mass is 277 g/mol. The van der Waals surface area contributed by atoms with E-state index < -0.39 is 5.54 Å². The number of nitrogens with one attached hydrogen (secondary N) is 1. The number of carbonyl (C=O) groups excluding carboxylic acids is 1. The molecule has 1 aromatic carbocycles. The van der Waals surface area contributed by atoms with E-state index in [2.05, 4.69) is 11.4 Å². The highest BCUT2D eigenvalue weighted by Gasteiger charge is 2.42. The van der Waals surface area contributed by atoms with Gasteiger partial charge in [-0.15, -0.1) is 0 Å². The van der Waals surface area contributed by atoms with Crippen molar-refractivity contribution in [3.05, 3.63) is 35.4 Å². The largest absolute Gasteiger partial charge is 0.467 e. The van der Waals surface area contributed by atoms with E-state index >= 15 is 0 Å². The van der Waals surface area contributed by atoms with Gasteiger partial charge in [0.15, 0.2) is 0 Å². The van der Waals surface area contributed by atoms with Crippen molar-refractivity contribution in [3.63, 3.8) is 0 Å². The second-order valence-electron chi connectivity index (χ2n) is 5.18. The molecule has 1 aromatic rings. The molecule has 0 amide bonds. The van der Waals surface area contributed by atoms with Crippen molar-refractivity contribution in [1.82, 2.24) is 5.32 Å². The van der Waals surface area contributed by atoms with Crippen molar-refractivity contribution in [2.45, 2.75) is 31.2 Å². The summed E-state index contributed by atoms with van der Waals surface area (Å²) in [5, 5.41) is 3.38. The number of benzene rings is 1. The molecule has 4 nitrogen and oxygen atoms in total. The molecule has 0 fully saturated rings. The molecule has 1 unspecified atom stereocenters. The van der Waals surface area contributed by atoms with Gasteiger partial charge in [0.25, 0.3) is 0 Å². The van der Waals surface area contributed by atoms with Crippen molar-refractivity contribution >= 4 is 5.97 Å². The topological polar surface area (TPSA) is 47.6 Å². The van der Waals surface area contributed by atoms with E-state index in [1.54, 1.807) is 7.11 Å². The number of ether oxygens (including phenoxy) is 2. The first-order chi connectivity index (χ1) is 9.74. The van der Waals surface area contributed by atoms with Gasteiger partial charge in [-0.25, -0.2) is 4.79 Å². The van der Waals surface area contributed by atoms with Crippen LogP contribution in [0, 0.1) is 0 Å². The summed E-state index contributed by atoms with van der Waals surface area (Å²) in [5.41, 5.74) is 1.56. The maximum absolute atomic E-state index is 12.5. The molecule has 0 heterocycles. The molecule has 1 atom stereocenters. The Labute approximate surface area is 120 Å². The normalized spacial score (nSPS) is 21.9. The van der Waals surface area contributed by atoms with Crippen molar-refractivity contribution in [3.8, 4) is 0 Å². The lowest BCUT2D eigenvalue weighted by atomic mass is 9.84. The summed E-state index contributed by atoms with van der Waals surface area (Å²) in [6, 6.07) is 8.16. The standard InChI is InChI=1S/C16H23NO3/c1-19-12-11-17-16(15(18)20-2)10-6-5-8-13-7-3-4-9-14(13)16/h3-4,7,9,17H,5-6,8,10-12H2,1-2H3. The zero-order valence-corrected chi connectivity index (χ0v) is 12.3. The third-order valence-electron chi connectivity index (χ3n) is 3.99. The van der Waals surface area contributed by atoms with Crippen LogP contribution < -0.4 is 5.32 Å². The first-order valence-corrected chi connectivity index (χ1v) is 7.15. The summed E-state index contributed by atoms with van der Waals surface area (Å²) in [7, 11) is 3.11. The maximum atomic E-state index is 12.5. The van der Waals surface area contributed by atoms with Crippen LogP contribution in [0.3, 0.4) is 0 Å². The van der Waals surface area contributed by atoms with E-state index in [4.69, 9.17) is 9.47 Å². The average molecular weight is 277 g/mol. The number of fused-ring (bicyclic) bond motifs is 1. The highest BCUT2D eigenvalue weighted by molar-refractivity contribution is 5.83. The number of carbonyl (C=O) groups is 1. The minimum Gasteiger partial charge on any atom is -0.467 e. The molecule has 4 heteroatoms. The smallest absolute Gasteiger partial charge is 0.330 e. The first-order valence-electron chi connectivity index (χ1n) is 7.15. The minimum absolute atomic E-state index is 0.206. The van der Waals surface area contributed by atoms with Gasteiger partial charge in [-0.05, 0) is 30.4 Å². The lowest BCUT2D eigenvalue weighted by Crippen LogP contribution is -2.51.